The molecule has 1 amide bonds. The molecule has 1 N–H and O–H groups in total. The number of methoxy groups -OCH3 is 2. The summed E-state index contributed by atoms with van der Waals surface area (Å²) in [5.41, 5.74) is 3.19. The minimum atomic E-state index is -0.366. The highest BCUT2D eigenvalue weighted by Crippen LogP contribution is 2.39. The standard InChI is InChI=1S/C22H20N2O3/c1-26-19-13-12-15(14-20(19)27-2)21-23-18-11-7-6-10-17(18)22(25)24(21)16-8-4-3-5-9-16/h3-14,21,23H,1-2H3. The molecule has 0 saturated heterocycles. The lowest BCUT2D eigenvalue weighted by Gasteiger charge is -2.38. The molecule has 1 unspecified atom stereocenters. The zero-order chi connectivity index (χ0) is 18.8. The number of carbonyl (C=O) groups excluding carboxylic acids is 1. The van der Waals surface area contributed by atoms with E-state index in [0.29, 0.717) is 17.1 Å². The quantitative estimate of drug-likeness (QED) is 0.746. The van der Waals surface area contributed by atoms with Gasteiger partial charge in [-0.2, -0.15) is 0 Å². The molecule has 1 aliphatic rings. The van der Waals surface area contributed by atoms with Crippen LogP contribution in [-0.4, -0.2) is 20.1 Å². The molecule has 27 heavy (non-hydrogen) atoms. The van der Waals surface area contributed by atoms with Gasteiger partial charge in [-0.25, -0.2) is 0 Å². The Morgan fingerprint density at radius 3 is 2.30 bits per heavy atom. The predicted octanol–water partition coefficient (Wildman–Crippen LogP) is 4.47. The van der Waals surface area contributed by atoms with Gasteiger partial charge >= 0.3 is 0 Å². The summed E-state index contributed by atoms with van der Waals surface area (Å²) >= 11 is 0. The minimum Gasteiger partial charge on any atom is -0.493 e. The number of hydrogen-bond acceptors (Lipinski definition) is 4. The molecule has 0 aliphatic carbocycles. The zero-order valence-corrected chi connectivity index (χ0v) is 15.2. The van der Waals surface area contributed by atoms with E-state index in [1.807, 2.05) is 72.8 Å². The third kappa shape index (κ3) is 2.97. The Labute approximate surface area is 158 Å². The third-order valence-corrected chi connectivity index (χ3v) is 4.68. The van der Waals surface area contributed by atoms with Crippen LogP contribution < -0.4 is 19.7 Å². The van der Waals surface area contributed by atoms with Crippen molar-refractivity contribution >= 4 is 17.3 Å². The van der Waals surface area contributed by atoms with Gasteiger partial charge in [0.15, 0.2) is 11.5 Å². The van der Waals surface area contributed by atoms with E-state index in [2.05, 4.69) is 5.32 Å². The van der Waals surface area contributed by atoms with Crippen LogP contribution in [0, 0.1) is 0 Å². The van der Waals surface area contributed by atoms with Crippen LogP contribution in [0.1, 0.15) is 22.1 Å². The Morgan fingerprint density at radius 2 is 1.56 bits per heavy atom. The number of para-hydroxylation sites is 2. The molecular weight excluding hydrogens is 340 g/mol. The Bertz CT molecular complexity index is 972. The SMILES string of the molecule is COc1ccc(C2Nc3ccccc3C(=O)N2c2ccccc2)cc1OC. The summed E-state index contributed by atoms with van der Waals surface area (Å²) in [5.74, 6) is 1.22. The first kappa shape index (κ1) is 17.0. The van der Waals surface area contributed by atoms with Crippen LogP contribution in [0.15, 0.2) is 72.8 Å². The van der Waals surface area contributed by atoms with Crippen molar-refractivity contribution in [2.75, 3.05) is 24.4 Å². The molecular formula is C22H20N2O3. The number of nitrogens with one attached hydrogen (secondary N) is 1. The van der Waals surface area contributed by atoms with Crippen LogP contribution in [0.25, 0.3) is 0 Å². The lowest BCUT2D eigenvalue weighted by atomic mass is 10.0. The van der Waals surface area contributed by atoms with Crippen molar-refractivity contribution in [1.29, 1.82) is 0 Å². The Morgan fingerprint density at radius 1 is 0.852 bits per heavy atom. The summed E-state index contributed by atoms with van der Waals surface area (Å²) in [4.78, 5) is 15.1. The van der Waals surface area contributed by atoms with Crippen LogP contribution in [0.4, 0.5) is 11.4 Å². The molecule has 1 heterocycles. The first-order valence-electron chi connectivity index (χ1n) is 8.69. The van der Waals surface area contributed by atoms with Gasteiger partial charge in [0.1, 0.15) is 6.17 Å². The maximum absolute atomic E-state index is 13.3. The van der Waals surface area contributed by atoms with Crippen LogP contribution in [0.2, 0.25) is 0 Å². The summed E-state index contributed by atoms with van der Waals surface area (Å²) in [5, 5.41) is 3.49. The molecule has 0 aromatic heterocycles. The first-order valence-corrected chi connectivity index (χ1v) is 8.69. The van der Waals surface area contributed by atoms with Gasteiger partial charge in [0.25, 0.3) is 5.91 Å². The van der Waals surface area contributed by atoms with Gasteiger partial charge in [-0.1, -0.05) is 36.4 Å². The second-order valence-corrected chi connectivity index (χ2v) is 6.22. The van der Waals surface area contributed by atoms with Gasteiger partial charge in [0, 0.05) is 11.4 Å². The molecule has 0 bridgehead atoms. The van der Waals surface area contributed by atoms with E-state index in [-0.39, 0.29) is 12.1 Å². The summed E-state index contributed by atoms with van der Waals surface area (Å²) in [7, 11) is 3.21. The van der Waals surface area contributed by atoms with Crippen molar-refractivity contribution < 1.29 is 14.3 Å². The zero-order valence-electron chi connectivity index (χ0n) is 15.2. The molecule has 0 fully saturated rings. The number of fused-ring (bicyclic) bond motifs is 1. The third-order valence-electron chi connectivity index (χ3n) is 4.68. The second-order valence-electron chi connectivity index (χ2n) is 6.22. The number of amides is 1. The Balaban J connectivity index is 1.85. The number of rotatable bonds is 4. The highest BCUT2D eigenvalue weighted by atomic mass is 16.5. The number of ether oxygens (including phenoxy) is 2. The van der Waals surface area contributed by atoms with Gasteiger partial charge < -0.3 is 14.8 Å². The second kappa shape index (κ2) is 7.03. The van der Waals surface area contributed by atoms with E-state index in [1.54, 1.807) is 19.1 Å². The fraction of sp³-hybridized carbons (Fsp3) is 0.136. The summed E-state index contributed by atoms with van der Waals surface area (Å²) in [6.45, 7) is 0. The van der Waals surface area contributed by atoms with Crippen LogP contribution in [0.5, 0.6) is 11.5 Å². The monoisotopic (exact) mass is 360 g/mol. The summed E-state index contributed by atoms with van der Waals surface area (Å²) < 4.78 is 10.8. The predicted molar refractivity (Wildman–Crippen MR) is 106 cm³/mol. The summed E-state index contributed by atoms with van der Waals surface area (Å²) in [6, 6.07) is 22.9. The van der Waals surface area contributed by atoms with Gasteiger partial charge in [-0.05, 0) is 42.0 Å². The molecule has 0 spiro atoms. The molecule has 0 radical (unpaired) electrons. The molecule has 1 aliphatic heterocycles. The van der Waals surface area contributed by atoms with Crippen LogP contribution >= 0.6 is 0 Å². The smallest absolute Gasteiger partial charge is 0.262 e. The molecule has 5 heteroatoms. The molecule has 1 atom stereocenters. The van der Waals surface area contributed by atoms with Gasteiger partial charge in [0.05, 0.1) is 19.8 Å². The van der Waals surface area contributed by atoms with E-state index >= 15 is 0 Å². The number of anilines is 2. The molecule has 5 nitrogen and oxygen atoms in total. The first-order chi connectivity index (χ1) is 13.2. The maximum atomic E-state index is 13.3. The van der Waals surface area contributed by atoms with Crippen molar-refractivity contribution in [2.24, 2.45) is 0 Å². The van der Waals surface area contributed by atoms with Crippen molar-refractivity contribution in [3.63, 3.8) is 0 Å². The van der Waals surface area contributed by atoms with Crippen LogP contribution in [0.3, 0.4) is 0 Å². The average Bonchev–Trinajstić information content (AvgIpc) is 2.73. The normalized spacial score (nSPS) is 15.7. The fourth-order valence-corrected chi connectivity index (χ4v) is 3.36. The largest absolute Gasteiger partial charge is 0.493 e. The van der Waals surface area contributed by atoms with Crippen molar-refractivity contribution in [1.82, 2.24) is 0 Å². The highest BCUT2D eigenvalue weighted by molar-refractivity contribution is 6.12. The van der Waals surface area contributed by atoms with Gasteiger partial charge in [-0.15, -0.1) is 0 Å². The fourth-order valence-electron chi connectivity index (χ4n) is 3.36. The van der Waals surface area contributed by atoms with Gasteiger partial charge in [-0.3, -0.25) is 9.69 Å². The number of carbonyl (C=O) groups is 1. The van der Waals surface area contributed by atoms with Crippen molar-refractivity contribution in [3.8, 4) is 11.5 Å². The maximum Gasteiger partial charge on any atom is 0.262 e. The Kier molecular flexibility index (Phi) is 4.42. The lowest BCUT2D eigenvalue weighted by Crippen LogP contribution is -2.43. The van der Waals surface area contributed by atoms with E-state index in [9.17, 15) is 4.79 Å². The molecule has 3 aromatic carbocycles. The molecule has 0 saturated carbocycles. The van der Waals surface area contributed by atoms with Crippen LogP contribution in [-0.2, 0) is 0 Å². The van der Waals surface area contributed by atoms with Gasteiger partial charge in [0.2, 0.25) is 0 Å². The summed E-state index contributed by atoms with van der Waals surface area (Å²) in [6.07, 6.45) is -0.366. The molecule has 4 rings (SSSR count). The molecule has 136 valence electrons. The topological polar surface area (TPSA) is 50.8 Å². The van der Waals surface area contributed by atoms with Crippen molar-refractivity contribution in [2.45, 2.75) is 6.17 Å². The van der Waals surface area contributed by atoms with Crippen molar-refractivity contribution in [3.05, 3.63) is 83.9 Å². The highest BCUT2D eigenvalue weighted by Gasteiger charge is 2.34. The van der Waals surface area contributed by atoms with E-state index < -0.39 is 0 Å². The minimum absolute atomic E-state index is 0.0460. The van der Waals surface area contributed by atoms with E-state index in [1.165, 1.54) is 0 Å². The average molecular weight is 360 g/mol. The number of benzene rings is 3. The van der Waals surface area contributed by atoms with E-state index in [4.69, 9.17) is 9.47 Å². The lowest BCUT2D eigenvalue weighted by molar-refractivity contribution is 0.0975. The molecule has 3 aromatic rings. The van der Waals surface area contributed by atoms with E-state index in [0.717, 1.165) is 16.9 Å². The number of hydrogen-bond donors (Lipinski definition) is 1. The number of nitrogens with zero attached hydrogens (tertiary/aromatic N) is 1. The Hall–Kier alpha value is -3.47.